The van der Waals surface area contributed by atoms with Crippen molar-refractivity contribution in [2.24, 2.45) is 5.73 Å². The summed E-state index contributed by atoms with van der Waals surface area (Å²) in [6, 6.07) is 0. The van der Waals surface area contributed by atoms with E-state index in [9.17, 15) is 29.5 Å². The van der Waals surface area contributed by atoms with Gasteiger partial charge in [-0.3, -0.25) is 4.79 Å². The van der Waals surface area contributed by atoms with Gasteiger partial charge in [-0.05, 0) is 12.8 Å². The molecule has 1 saturated heterocycles. The SMILES string of the molecule is NCC(=O)C[C@@]1([P@@](O)C(O)(Cn2ccnc2)[P+](O)(O)O)CCCOO1. The highest BCUT2D eigenvalue weighted by Gasteiger charge is 2.69. The van der Waals surface area contributed by atoms with Crippen molar-refractivity contribution in [3.05, 3.63) is 18.7 Å². The number of hydrogen-bond acceptors (Lipinski definition) is 10. The van der Waals surface area contributed by atoms with Crippen LogP contribution in [-0.2, 0) is 21.1 Å². The largest absolute Gasteiger partial charge is 0.447 e. The number of nitrogens with two attached hydrogens (primary N) is 1. The molecule has 0 saturated carbocycles. The molecule has 1 aliphatic heterocycles. The number of aliphatic hydroxyl groups is 1. The number of hydrogen-bond donors (Lipinski definition) is 6. The van der Waals surface area contributed by atoms with E-state index < -0.39 is 45.3 Å². The van der Waals surface area contributed by atoms with Crippen molar-refractivity contribution in [2.45, 2.75) is 36.2 Å². The summed E-state index contributed by atoms with van der Waals surface area (Å²) in [6.07, 6.45) is 4.14. The zero-order chi connectivity index (χ0) is 18.7. The molecule has 0 aromatic carbocycles. The van der Waals surface area contributed by atoms with Crippen LogP contribution >= 0.6 is 16.1 Å². The van der Waals surface area contributed by atoms with Crippen LogP contribution in [0.3, 0.4) is 0 Å². The number of Topliss-reactive ketones (excluding diaryl/α,β-unsaturated/α-hetero) is 1. The summed E-state index contributed by atoms with van der Waals surface area (Å²) in [5, 5.41) is 6.37. The highest BCUT2D eigenvalue weighted by atomic mass is 31.3. The first-order valence-electron chi connectivity index (χ1n) is 7.42. The van der Waals surface area contributed by atoms with Crippen LogP contribution in [0.1, 0.15) is 19.3 Å². The first kappa shape index (κ1) is 20.7. The van der Waals surface area contributed by atoms with E-state index in [1.807, 2.05) is 0 Å². The quantitative estimate of drug-likeness (QED) is 0.235. The lowest BCUT2D eigenvalue weighted by atomic mass is 10.1. The molecule has 1 aromatic heterocycles. The average molecular weight is 398 g/mol. The molecule has 1 aromatic rings. The van der Waals surface area contributed by atoms with E-state index in [-0.39, 0.29) is 19.6 Å². The fourth-order valence-corrected chi connectivity index (χ4v) is 6.24. The zero-order valence-corrected chi connectivity index (χ0v) is 15.1. The second-order valence-corrected chi connectivity index (χ2v) is 10.2. The van der Waals surface area contributed by atoms with Gasteiger partial charge >= 0.3 is 13.0 Å². The Morgan fingerprint density at radius 3 is 2.68 bits per heavy atom. The van der Waals surface area contributed by atoms with E-state index in [4.69, 9.17) is 15.5 Å². The fourth-order valence-electron chi connectivity index (χ4n) is 2.55. The monoisotopic (exact) mass is 398 g/mol. The Bertz CT molecular complexity index is 575. The van der Waals surface area contributed by atoms with Gasteiger partial charge in [0, 0.05) is 18.8 Å². The van der Waals surface area contributed by atoms with Crippen molar-refractivity contribution in [3.8, 4) is 0 Å². The summed E-state index contributed by atoms with van der Waals surface area (Å²) in [5.41, 5.74) is 5.32. The van der Waals surface area contributed by atoms with E-state index in [0.717, 1.165) is 0 Å². The maximum absolute atomic E-state index is 11.8. The lowest BCUT2D eigenvalue weighted by Crippen LogP contribution is -2.47. The lowest BCUT2D eigenvalue weighted by Gasteiger charge is -2.43. The van der Waals surface area contributed by atoms with E-state index in [1.165, 1.54) is 23.3 Å². The standard InChI is InChI=1S/C12H22N3O8P2/c13-7-10(16)6-11(2-1-5-22-23-11)24(18)12(17,25(19,20)21)8-15-4-3-14-9-15/h3-4,9,17-21H,1-2,5-8,13H2/q+1/t11-,12?,24+/m0/s1. The van der Waals surface area contributed by atoms with Crippen molar-refractivity contribution < 1.29 is 39.2 Å². The number of carbonyl (C=O) groups is 1. The first-order valence-corrected chi connectivity index (χ1v) is 10.4. The summed E-state index contributed by atoms with van der Waals surface area (Å²) in [5.74, 6) is -0.477. The van der Waals surface area contributed by atoms with Crippen LogP contribution in [0, 0.1) is 0 Å². The molecular weight excluding hydrogens is 376 g/mol. The second kappa shape index (κ2) is 7.98. The third-order valence-electron chi connectivity index (χ3n) is 3.87. The van der Waals surface area contributed by atoms with Gasteiger partial charge in [-0.2, -0.15) is 14.7 Å². The molecule has 13 heteroatoms. The van der Waals surface area contributed by atoms with Gasteiger partial charge in [-0.1, -0.05) is 0 Å². The van der Waals surface area contributed by atoms with Crippen LogP contribution in [0.5, 0.6) is 0 Å². The normalized spacial score (nSPS) is 25.4. The minimum absolute atomic E-state index is 0.104. The predicted octanol–water partition coefficient (Wildman–Crippen LogP) is -0.986. The molecule has 0 amide bonds. The van der Waals surface area contributed by atoms with Gasteiger partial charge in [-0.25, -0.2) is 14.8 Å². The van der Waals surface area contributed by atoms with Gasteiger partial charge in [0.1, 0.15) is 20.5 Å². The van der Waals surface area contributed by atoms with Crippen LogP contribution in [0.15, 0.2) is 18.7 Å². The minimum Gasteiger partial charge on any atom is -0.365 e. The third kappa shape index (κ3) is 4.40. The van der Waals surface area contributed by atoms with Crippen LogP contribution in [0.2, 0.25) is 0 Å². The minimum atomic E-state index is -4.99. The maximum Gasteiger partial charge on any atom is 0.447 e. The topological polar surface area (TPSA) is 181 Å². The Morgan fingerprint density at radius 2 is 2.20 bits per heavy atom. The lowest BCUT2D eigenvalue weighted by molar-refractivity contribution is -0.359. The van der Waals surface area contributed by atoms with Crippen molar-refractivity contribution in [3.63, 3.8) is 0 Å². The predicted molar refractivity (Wildman–Crippen MR) is 87.6 cm³/mol. The van der Waals surface area contributed by atoms with Gasteiger partial charge in [0.2, 0.25) is 0 Å². The molecule has 3 atom stereocenters. The van der Waals surface area contributed by atoms with Crippen LogP contribution < -0.4 is 5.73 Å². The van der Waals surface area contributed by atoms with Crippen molar-refractivity contribution >= 4 is 21.9 Å². The van der Waals surface area contributed by atoms with E-state index in [0.29, 0.717) is 6.42 Å². The van der Waals surface area contributed by atoms with Crippen molar-refractivity contribution in [1.29, 1.82) is 0 Å². The number of imidazole rings is 1. The van der Waals surface area contributed by atoms with Gasteiger partial charge < -0.3 is 20.3 Å². The van der Waals surface area contributed by atoms with Crippen LogP contribution in [-0.4, -0.2) is 63.6 Å². The molecule has 0 spiro atoms. The van der Waals surface area contributed by atoms with Crippen LogP contribution in [0.25, 0.3) is 0 Å². The molecule has 7 N–H and O–H groups in total. The van der Waals surface area contributed by atoms with Gasteiger partial charge in [0.15, 0.2) is 5.34 Å². The van der Waals surface area contributed by atoms with E-state index in [1.54, 1.807) is 0 Å². The molecule has 1 unspecified atom stereocenters. The maximum atomic E-state index is 11.8. The first-order chi connectivity index (χ1) is 11.6. The Labute approximate surface area is 145 Å². The summed E-state index contributed by atoms with van der Waals surface area (Å²) >= 11 is 0. The molecular formula is C12H22N3O8P2+. The summed E-state index contributed by atoms with van der Waals surface area (Å²) in [4.78, 5) is 66.0. The van der Waals surface area contributed by atoms with Crippen LogP contribution in [0.4, 0.5) is 0 Å². The Kier molecular flexibility index (Phi) is 6.61. The number of rotatable bonds is 8. The Morgan fingerprint density at radius 1 is 1.48 bits per heavy atom. The molecule has 1 fully saturated rings. The smallest absolute Gasteiger partial charge is 0.365 e. The Balaban J connectivity index is 2.40. The molecule has 2 rings (SSSR count). The van der Waals surface area contributed by atoms with E-state index in [2.05, 4.69) is 4.98 Å². The summed E-state index contributed by atoms with van der Waals surface area (Å²) < 4.78 is 1.26. The average Bonchev–Trinajstić information content (AvgIpc) is 3.06. The molecule has 0 aliphatic carbocycles. The molecule has 2 heterocycles. The second-order valence-electron chi connectivity index (χ2n) is 5.76. The number of carbonyl (C=O) groups excluding carboxylic acids is 1. The highest BCUT2D eigenvalue weighted by molar-refractivity contribution is 7.75. The van der Waals surface area contributed by atoms with Crippen molar-refractivity contribution in [1.82, 2.24) is 9.55 Å². The van der Waals surface area contributed by atoms with Gasteiger partial charge in [-0.15, -0.1) is 0 Å². The summed E-state index contributed by atoms with van der Waals surface area (Å²) in [7, 11) is -7.87. The summed E-state index contributed by atoms with van der Waals surface area (Å²) in [6.45, 7) is -0.695. The molecule has 25 heavy (non-hydrogen) atoms. The number of aromatic nitrogens is 2. The molecule has 11 nitrogen and oxygen atoms in total. The third-order valence-corrected chi connectivity index (χ3v) is 8.39. The molecule has 0 radical (unpaired) electrons. The Hall–Kier alpha value is -0.580. The van der Waals surface area contributed by atoms with Crippen molar-refractivity contribution in [2.75, 3.05) is 13.2 Å². The molecule has 0 bridgehead atoms. The van der Waals surface area contributed by atoms with Gasteiger partial charge in [0.25, 0.3) is 0 Å². The van der Waals surface area contributed by atoms with Gasteiger partial charge in [0.05, 0.1) is 19.5 Å². The fraction of sp³-hybridized carbons (Fsp3) is 0.667. The molecule has 142 valence electrons. The van der Waals surface area contributed by atoms with E-state index >= 15 is 0 Å². The highest BCUT2D eigenvalue weighted by Crippen LogP contribution is 2.75. The number of ketones is 1. The molecule has 1 aliphatic rings. The number of nitrogens with zero attached hydrogens (tertiary/aromatic N) is 2. The zero-order valence-electron chi connectivity index (χ0n) is 13.3.